The molecule has 1 aliphatic rings. The number of benzene rings is 1. The first-order chi connectivity index (χ1) is 18.3. The fourth-order valence-electron chi connectivity index (χ4n) is 3.74. The van der Waals surface area contributed by atoms with Crippen LogP contribution in [0.15, 0.2) is 36.7 Å². The number of nitrogens with zero attached hydrogens (tertiary/aromatic N) is 4. The number of anilines is 2. The van der Waals surface area contributed by atoms with E-state index in [4.69, 9.17) is 65.0 Å². The van der Waals surface area contributed by atoms with Crippen LogP contribution in [0.3, 0.4) is 0 Å². The zero-order valence-corrected chi connectivity index (χ0v) is 24.3. The SMILES string of the molecule is CC(C)OC(=O)[C@H](C)NP(=S)(OC[C@H]1O[C@@H](n2cnc3c(N)nc(N)nc32)C(Cl)(Cl)[C@@H]1O)Oc1ccccc1. The average Bonchev–Trinajstić information content (AvgIpc) is 3.36. The highest BCUT2D eigenvalue weighted by Crippen LogP contribution is 2.50. The lowest BCUT2D eigenvalue weighted by atomic mass is 10.2. The lowest BCUT2D eigenvalue weighted by Gasteiger charge is -2.28. The molecule has 3 aromatic rings. The molecule has 6 N–H and O–H groups in total. The van der Waals surface area contributed by atoms with Crippen LogP contribution in [-0.4, -0.2) is 65.9 Å². The van der Waals surface area contributed by atoms with Crippen molar-refractivity contribution in [1.82, 2.24) is 24.6 Å². The Morgan fingerprint density at radius 3 is 2.64 bits per heavy atom. The van der Waals surface area contributed by atoms with E-state index in [-0.39, 0.29) is 35.6 Å². The number of aromatic nitrogens is 4. The van der Waals surface area contributed by atoms with Crippen molar-refractivity contribution in [3.05, 3.63) is 36.7 Å². The molecule has 39 heavy (non-hydrogen) atoms. The summed E-state index contributed by atoms with van der Waals surface area (Å²) in [5.41, 5.74) is 12.1. The molecule has 4 rings (SSSR count). The molecule has 1 unspecified atom stereocenters. The number of nitrogens with one attached hydrogen (secondary N) is 1. The fourth-order valence-corrected chi connectivity index (χ4v) is 6.75. The summed E-state index contributed by atoms with van der Waals surface area (Å²) in [6.07, 6.45) is -2.65. The molecule has 0 radical (unpaired) electrons. The quantitative estimate of drug-likeness (QED) is 0.148. The summed E-state index contributed by atoms with van der Waals surface area (Å²) in [6.45, 7) is 1.33. The Morgan fingerprint density at radius 2 is 1.97 bits per heavy atom. The Hall–Kier alpha value is -2.29. The number of fused-ring (bicyclic) bond motifs is 1. The summed E-state index contributed by atoms with van der Waals surface area (Å²) in [5, 5.41) is 13.9. The van der Waals surface area contributed by atoms with Crippen LogP contribution in [0.2, 0.25) is 0 Å². The highest BCUT2D eigenvalue weighted by atomic mass is 35.5. The number of ether oxygens (including phenoxy) is 2. The van der Waals surface area contributed by atoms with Crippen LogP contribution in [0.5, 0.6) is 5.75 Å². The summed E-state index contributed by atoms with van der Waals surface area (Å²) >= 11 is 18.8. The number of imidazole rings is 1. The molecule has 0 saturated carbocycles. The van der Waals surface area contributed by atoms with E-state index in [1.54, 1.807) is 45.0 Å². The van der Waals surface area contributed by atoms with Crippen LogP contribution in [0.4, 0.5) is 11.8 Å². The zero-order valence-electron chi connectivity index (χ0n) is 21.1. The Morgan fingerprint density at radius 1 is 1.28 bits per heavy atom. The van der Waals surface area contributed by atoms with Gasteiger partial charge in [-0.1, -0.05) is 41.4 Å². The van der Waals surface area contributed by atoms with Crippen LogP contribution in [0.1, 0.15) is 27.0 Å². The molecule has 0 spiro atoms. The minimum Gasteiger partial charge on any atom is -0.462 e. The van der Waals surface area contributed by atoms with E-state index in [1.807, 2.05) is 6.07 Å². The van der Waals surface area contributed by atoms with Crippen LogP contribution in [0.25, 0.3) is 11.2 Å². The topological polar surface area (TPSA) is 182 Å². The van der Waals surface area contributed by atoms with Crippen LogP contribution in [-0.2, 0) is 30.6 Å². The van der Waals surface area contributed by atoms with E-state index in [9.17, 15) is 9.90 Å². The van der Waals surface area contributed by atoms with Gasteiger partial charge in [-0.25, -0.2) is 10.1 Å². The minimum absolute atomic E-state index is 0.0550. The van der Waals surface area contributed by atoms with E-state index in [1.165, 1.54) is 10.9 Å². The lowest BCUT2D eigenvalue weighted by molar-refractivity contribution is -0.149. The van der Waals surface area contributed by atoms with Crippen molar-refractivity contribution in [3.8, 4) is 5.75 Å². The summed E-state index contributed by atoms with van der Waals surface area (Å²) in [4.78, 5) is 24.7. The number of para-hydroxylation sites is 1. The second-order valence-electron chi connectivity index (χ2n) is 8.97. The molecule has 0 bridgehead atoms. The summed E-state index contributed by atoms with van der Waals surface area (Å²) in [7, 11) is 0. The van der Waals surface area contributed by atoms with Crippen molar-refractivity contribution in [2.24, 2.45) is 0 Å². The Kier molecular flexibility index (Phi) is 8.89. The number of carbonyl (C=O) groups is 1. The predicted molar refractivity (Wildman–Crippen MR) is 150 cm³/mol. The van der Waals surface area contributed by atoms with Gasteiger partial charge in [0.15, 0.2) is 22.0 Å². The summed E-state index contributed by atoms with van der Waals surface area (Å²) in [6, 6.07) is 7.83. The first kappa shape index (κ1) is 29.7. The second kappa shape index (κ2) is 11.7. The Labute approximate surface area is 239 Å². The van der Waals surface area contributed by atoms with Gasteiger partial charge < -0.3 is 35.1 Å². The Bertz CT molecular complexity index is 1380. The molecule has 0 aliphatic carbocycles. The third kappa shape index (κ3) is 6.55. The summed E-state index contributed by atoms with van der Waals surface area (Å²) < 4.78 is 22.8. The highest BCUT2D eigenvalue weighted by Gasteiger charge is 2.56. The van der Waals surface area contributed by atoms with Gasteiger partial charge in [-0.3, -0.25) is 9.36 Å². The van der Waals surface area contributed by atoms with Crippen LogP contribution >= 0.6 is 29.8 Å². The number of esters is 1. The number of nitrogen functional groups attached to an aromatic ring is 2. The maximum absolute atomic E-state index is 12.4. The third-order valence-corrected chi connectivity index (χ3v) is 8.85. The monoisotopic (exact) mass is 619 g/mol. The molecule has 13 nitrogen and oxygen atoms in total. The number of carbonyl (C=O) groups excluding carboxylic acids is 1. The van der Waals surface area contributed by atoms with Gasteiger partial charge in [0.2, 0.25) is 5.95 Å². The predicted octanol–water partition coefficient (Wildman–Crippen LogP) is 2.67. The molecule has 212 valence electrons. The van der Waals surface area contributed by atoms with Crippen molar-refractivity contribution < 1.29 is 28.4 Å². The molecule has 2 aromatic heterocycles. The van der Waals surface area contributed by atoms with E-state index in [0.29, 0.717) is 5.75 Å². The average molecular weight is 620 g/mol. The van der Waals surface area contributed by atoms with Gasteiger partial charge in [0.1, 0.15) is 29.5 Å². The van der Waals surface area contributed by atoms with Gasteiger partial charge in [0.25, 0.3) is 0 Å². The van der Waals surface area contributed by atoms with E-state index in [2.05, 4.69) is 20.0 Å². The zero-order chi connectivity index (χ0) is 28.5. The molecule has 1 fully saturated rings. The fraction of sp³-hybridized carbons (Fsp3) is 0.455. The van der Waals surface area contributed by atoms with Crippen molar-refractivity contribution >= 4 is 70.6 Å². The van der Waals surface area contributed by atoms with Crippen LogP contribution < -0.4 is 21.1 Å². The van der Waals surface area contributed by atoms with Gasteiger partial charge in [-0.2, -0.15) is 9.97 Å². The van der Waals surface area contributed by atoms with Crippen molar-refractivity contribution in [3.63, 3.8) is 0 Å². The number of hydrogen-bond donors (Lipinski definition) is 4. The highest BCUT2D eigenvalue weighted by molar-refractivity contribution is 8.09. The van der Waals surface area contributed by atoms with Crippen molar-refractivity contribution in [1.29, 1.82) is 0 Å². The summed E-state index contributed by atoms with van der Waals surface area (Å²) in [5.74, 6) is -0.165. The first-order valence-corrected chi connectivity index (χ1v) is 15.1. The number of halogens is 2. The van der Waals surface area contributed by atoms with Gasteiger partial charge in [0.05, 0.1) is 19.0 Å². The molecule has 1 aromatic carbocycles. The van der Waals surface area contributed by atoms with E-state index in [0.717, 1.165) is 0 Å². The standard InChI is InChI=1S/C22H28Cl2N7O6PS/c1-11(2)35-19(33)12(3)30-38(39,37-13-7-5-4-6-8-13)34-9-14-16(32)22(23,24)20(36-14)31-10-27-15-17(25)28-21(26)29-18(15)31/h4-8,10-12,14,16,20,32H,9H2,1-3H3,(H,30,39)(H4,25,26,28,29)/t12-,14+,16+,20+,38?/m0/s1. The molecular formula is C22H28Cl2N7O6PS. The van der Waals surface area contributed by atoms with Gasteiger partial charge in [-0.15, -0.1) is 0 Å². The third-order valence-electron chi connectivity index (χ3n) is 5.53. The Balaban J connectivity index is 1.55. The molecule has 1 aliphatic heterocycles. The number of alkyl halides is 2. The van der Waals surface area contributed by atoms with Crippen molar-refractivity contribution in [2.75, 3.05) is 18.1 Å². The normalized spacial score (nSPS) is 23.0. The van der Waals surface area contributed by atoms with Gasteiger partial charge in [0, 0.05) is 0 Å². The molecule has 17 heteroatoms. The number of nitrogens with two attached hydrogens (primary N) is 2. The molecule has 0 amide bonds. The second-order valence-corrected chi connectivity index (χ2v) is 13.6. The number of hydrogen-bond acceptors (Lipinski definition) is 12. The molecular weight excluding hydrogens is 592 g/mol. The molecule has 3 heterocycles. The van der Waals surface area contributed by atoms with Gasteiger partial charge >= 0.3 is 12.6 Å². The maximum Gasteiger partial charge on any atom is 0.323 e. The van der Waals surface area contributed by atoms with E-state index >= 15 is 0 Å². The minimum atomic E-state index is -3.42. The number of rotatable bonds is 10. The maximum atomic E-state index is 12.4. The smallest absolute Gasteiger partial charge is 0.323 e. The molecule has 1 saturated heterocycles. The largest absolute Gasteiger partial charge is 0.462 e. The van der Waals surface area contributed by atoms with Crippen LogP contribution in [0, 0.1) is 0 Å². The number of aliphatic hydroxyl groups is 1. The first-order valence-electron chi connectivity index (χ1n) is 11.7. The number of aliphatic hydroxyl groups excluding tert-OH is 1. The molecule has 5 atom stereocenters. The lowest BCUT2D eigenvalue weighted by Crippen LogP contribution is -2.39. The van der Waals surface area contributed by atoms with Crippen molar-refractivity contribution in [2.45, 2.75) is 55.7 Å². The van der Waals surface area contributed by atoms with Gasteiger partial charge in [-0.05, 0) is 44.7 Å². The van der Waals surface area contributed by atoms with E-state index < -0.39 is 41.4 Å².